The van der Waals surface area contributed by atoms with Gasteiger partial charge >= 0.3 is 12.4 Å². The van der Waals surface area contributed by atoms with Crippen LogP contribution < -0.4 is 0 Å². The van der Waals surface area contributed by atoms with E-state index in [-0.39, 0.29) is 16.7 Å². The number of carbonyl (C=O) groups excluding carboxylic acids is 1. The molecule has 1 heterocycles. The minimum atomic E-state index is -4.65. The minimum Gasteiger partial charge on any atom is -0.298 e. The van der Waals surface area contributed by atoms with Gasteiger partial charge in [0.25, 0.3) is 0 Å². The van der Waals surface area contributed by atoms with Gasteiger partial charge in [-0.25, -0.2) is 0 Å². The Balaban J connectivity index is 2.53. The number of halogens is 6. The quantitative estimate of drug-likeness (QED) is 0.598. The van der Waals surface area contributed by atoms with Gasteiger partial charge in [-0.3, -0.25) is 9.78 Å². The van der Waals surface area contributed by atoms with Crippen molar-refractivity contribution < 1.29 is 31.1 Å². The van der Waals surface area contributed by atoms with Crippen molar-refractivity contribution in [2.45, 2.75) is 12.4 Å². The fraction of sp³-hybridized carbons (Fsp3) is 0.143. The first-order chi connectivity index (χ1) is 10.1. The highest BCUT2D eigenvalue weighted by molar-refractivity contribution is 5.87. The summed E-state index contributed by atoms with van der Waals surface area (Å²) in [6, 6.07) is 4.00. The molecule has 2 aromatic rings. The largest absolute Gasteiger partial charge is 0.433 e. The number of hydrogen-bond donors (Lipinski definition) is 0. The Morgan fingerprint density at radius 3 is 2.05 bits per heavy atom. The second kappa shape index (κ2) is 5.43. The van der Waals surface area contributed by atoms with Crippen molar-refractivity contribution in [2.75, 3.05) is 0 Å². The van der Waals surface area contributed by atoms with Gasteiger partial charge in [0, 0.05) is 17.3 Å². The molecule has 22 heavy (non-hydrogen) atoms. The number of benzene rings is 1. The third-order valence-electron chi connectivity index (χ3n) is 2.87. The Hall–Kier alpha value is -2.38. The Morgan fingerprint density at radius 1 is 0.909 bits per heavy atom. The van der Waals surface area contributed by atoms with Crippen molar-refractivity contribution in [3.05, 3.63) is 53.3 Å². The van der Waals surface area contributed by atoms with Crippen molar-refractivity contribution in [1.82, 2.24) is 4.98 Å². The second-order valence-corrected chi connectivity index (χ2v) is 4.35. The van der Waals surface area contributed by atoms with E-state index in [0.717, 1.165) is 24.4 Å². The molecule has 0 unspecified atom stereocenters. The summed E-state index contributed by atoms with van der Waals surface area (Å²) in [6.07, 6.45) is -8.17. The van der Waals surface area contributed by atoms with E-state index >= 15 is 0 Å². The van der Waals surface area contributed by atoms with Crippen LogP contribution >= 0.6 is 0 Å². The number of aldehydes is 1. The molecule has 0 atom stereocenters. The fourth-order valence-electron chi connectivity index (χ4n) is 1.81. The van der Waals surface area contributed by atoms with Crippen molar-refractivity contribution in [2.24, 2.45) is 0 Å². The molecule has 0 N–H and O–H groups in total. The summed E-state index contributed by atoms with van der Waals surface area (Å²) in [6.45, 7) is 0. The molecule has 0 bridgehead atoms. The van der Waals surface area contributed by atoms with Crippen LogP contribution in [0, 0.1) is 0 Å². The van der Waals surface area contributed by atoms with Crippen LogP contribution in [-0.2, 0) is 12.4 Å². The van der Waals surface area contributed by atoms with E-state index < -0.39 is 23.6 Å². The first-order valence-corrected chi connectivity index (χ1v) is 5.83. The van der Waals surface area contributed by atoms with E-state index in [4.69, 9.17) is 0 Å². The maximum absolute atomic E-state index is 12.7. The molecule has 0 aliphatic rings. The normalized spacial score (nSPS) is 12.3. The predicted octanol–water partition coefficient (Wildman–Crippen LogP) is 4.60. The highest BCUT2D eigenvalue weighted by Crippen LogP contribution is 2.34. The molecule has 8 heteroatoms. The van der Waals surface area contributed by atoms with E-state index in [9.17, 15) is 31.1 Å². The minimum absolute atomic E-state index is 0.0128. The number of aromatic nitrogens is 1. The van der Waals surface area contributed by atoms with Gasteiger partial charge in [-0.05, 0) is 23.8 Å². The van der Waals surface area contributed by atoms with Crippen LogP contribution in [0.1, 0.15) is 21.6 Å². The molecule has 0 saturated heterocycles. The summed E-state index contributed by atoms with van der Waals surface area (Å²) in [7, 11) is 0. The van der Waals surface area contributed by atoms with Gasteiger partial charge in [-0.2, -0.15) is 26.3 Å². The van der Waals surface area contributed by atoms with E-state index in [1.165, 1.54) is 0 Å². The van der Waals surface area contributed by atoms with Gasteiger partial charge in [0.1, 0.15) is 5.69 Å². The SMILES string of the molecule is O=Cc1ccc(C(F)(F)F)cc1-c1ccc(C(F)(F)F)nc1. The number of alkyl halides is 6. The maximum atomic E-state index is 12.7. The second-order valence-electron chi connectivity index (χ2n) is 4.35. The average Bonchev–Trinajstić information content (AvgIpc) is 2.45. The van der Waals surface area contributed by atoms with Crippen molar-refractivity contribution >= 4 is 6.29 Å². The van der Waals surface area contributed by atoms with E-state index in [2.05, 4.69) is 4.98 Å². The first-order valence-electron chi connectivity index (χ1n) is 5.83. The third kappa shape index (κ3) is 3.26. The van der Waals surface area contributed by atoms with Gasteiger partial charge < -0.3 is 0 Å². The van der Waals surface area contributed by atoms with Crippen molar-refractivity contribution in [3.8, 4) is 11.1 Å². The summed E-state index contributed by atoms with van der Waals surface area (Å²) < 4.78 is 75.3. The topological polar surface area (TPSA) is 30.0 Å². The molecule has 0 aliphatic carbocycles. The number of nitrogens with zero attached hydrogens (tertiary/aromatic N) is 1. The van der Waals surface area contributed by atoms with E-state index in [0.29, 0.717) is 18.4 Å². The van der Waals surface area contributed by atoms with E-state index in [1.54, 1.807) is 0 Å². The average molecular weight is 319 g/mol. The highest BCUT2D eigenvalue weighted by Gasteiger charge is 2.33. The van der Waals surface area contributed by atoms with Crippen LogP contribution in [-0.4, -0.2) is 11.3 Å². The van der Waals surface area contributed by atoms with Gasteiger partial charge in [0.2, 0.25) is 0 Å². The van der Waals surface area contributed by atoms with Crippen LogP contribution in [0.15, 0.2) is 36.5 Å². The summed E-state index contributed by atoms with van der Waals surface area (Å²) in [5.41, 5.74) is -2.40. The zero-order valence-corrected chi connectivity index (χ0v) is 10.7. The molecule has 0 spiro atoms. The van der Waals surface area contributed by atoms with Crippen LogP contribution in [0.3, 0.4) is 0 Å². The lowest BCUT2D eigenvalue weighted by molar-refractivity contribution is -0.141. The molecule has 2 rings (SSSR count). The van der Waals surface area contributed by atoms with Crippen molar-refractivity contribution in [3.63, 3.8) is 0 Å². The van der Waals surface area contributed by atoms with Gasteiger partial charge in [-0.15, -0.1) is 0 Å². The lowest BCUT2D eigenvalue weighted by Gasteiger charge is -2.12. The number of hydrogen-bond acceptors (Lipinski definition) is 2. The molecule has 2 nitrogen and oxygen atoms in total. The van der Waals surface area contributed by atoms with Crippen LogP contribution in [0.25, 0.3) is 11.1 Å². The maximum Gasteiger partial charge on any atom is 0.433 e. The predicted molar refractivity (Wildman–Crippen MR) is 65.1 cm³/mol. The monoisotopic (exact) mass is 319 g/mol. The molecule has 0 aliphatic heterocycles. The van der Waals surface area contributed by atoms with Gasteiger partial charge in [-0.1, -0.05) is 12.1 Å². The Kier molecular flexibility index (Phi) is 3.95. The number of pyridine rings is 1. The molecule has 0 saturated carbocycles. The van der Waals surface area contributed by atoms with Crippen LogP contribution in [0.5, 0.6) is 0 Å². The number of carbonyl (C=O) groups is 1. The van der Waals surface area contributed by atoms with E-state index in [1.807, 2.05) is 0 Å². The molecular formula is C14H7F6NO. The standard InChI is InChI=1S/C14H7F6NO/c15-13(16,17)10-3-1-9(7-22)11(5-10)8-2-4-12(21-6-8)14(18,19)20/h1-7H. The molecular weight excluding hydrogens is 312 g/mol. The third-order valence-corrected chi connectivity index (χ3v) is 2.87. The molecule has 0 radical (unpaired) electrons. The van der Waals surface area contributed by atoms with Crippen LogP contribution in [0.4, 0.5) is 26.3 Å². The lowest BCUT2D eigenvalue weighted by atomic mass is 9.98. The zero-order valence-electron chi connectivity index (χ0n) is 10.7. The highest BCUT2D eigenvalue weighted by atomic mass is 19.4. The summed E-state index contributed by atoms with van der Waals surface area (Å²) >= 11 is 0. The molecule has 1 aromatic heterocycles. The molecule has 0 fully saturated rings. The van der Waals surface area contributed by atoms with Crippen molar-refractivity contribution in [1.29, 1.82) is 0 Å². The Labute approximate surface area is 120 Å². The molecule has 0 amide bonds. The molecule has 116 valence electrons. The smallest absolute Gasteiger partial charge is 0.298 e. The fourth-order valence-corrected chi connectivity index (χ4v) is 1.81. The summed E-state index contributed by atoms with van der Waals surface area (Å²) in [5.74, 6) is 0. The summed E-state index contributed by atoms with van der Waals surface area (Å²) in [4.78, 5) is 14.1. The first kappa shape index (κ1) is 16.0. The Morgan fingerprint density at radius 2 is 1.59 bits per heavy atom. The van der Waals surface area contributed by atoms with Crippen LogP contribution in [0.2, 0.25) is 0 Å². The van der Waals surface area contributed by atoms with Gasteiger partial charge in [0.05, 0.1) is 5.56 Å². The summed E-state index contributed by atoms with van der Waals surface area (Å²) in [5, 5.41) is 0. The lowest BCUT2D eigenvalue weighted by Crippen LogP contribution is -2.08. The molecule has 1 aromatic carbocycles. The Bertz CT molecular complexity index is 688. The van der Waals surface area contributed by atoms with Gasteiger partial charge in [0.15, 0.2) is 6.29 Å². The zero-order chi connectivity index (χ0) is 16.5. The number of rotatable bonds is 2.